The predicted molar refractivity (Wildman–Crippen MR) is 99.8 cm³/mol. The van der Waals surface area contributed by atoms with E-state index in [4.69, 9.17) is 0 Å². The van der Waals surface area contributed by atoms with Gasteiger partial charge in [0.25, 0.3) is 15.9 Å². The van der Waals surface area contributed by atoms with Gasteiger partial charge in [0, 0.05) is 10.4 Å². The van der Waals surface area contributed by atoms with Crippen molar-refractivity contribution in [3.05, 3.63) is 51.2 Å². The first-order valence-corrected chi connectivity index (χ1v) is 10.7. The monoisotopic (exact) mass is 392 g/mol. The molecule has 1 heterocycles. The molecule has 1 aromatic heterocycles. The number of rotatable bonds is 5. The summed E-state index contributed by atoms with van der Waals surface area (Å²) in [5.41, 5.74) is 3.89. The molecular weight excluding hydrogens is 372 g/mol. The standard InChI is InChI=1S/C18H20N2O4S2/c1-12(21)13-7-9-15(10-8-13)26(23,24)20-19-18(22)17-11-14-5-3-2-4-6-16(14)25-17/h7-11,20H,2-6H2,1H3,(H,19,22). The second-order valence-corrected chi connectivity index (χ2v) is 9.08. The summed E-state index contributed by atoms with van der Waals surface area (Å²) in [4.78, 5) is 27.4. The van der Waals surface area contributed by atoms with Crippen LogP contribution >= 0.6 is 11.3 Å². The molecule has 0 radical (unpaired) electrons. The molecule has 3 rings (SSSR count). The van der Waals surface area contributed by atoms with Crippen LogP contribution in [0.4, 0.5) is 0 Å². The maximum atomic E-state index is 12.3. The van der Waals surface area contributed by atoms with E-state index in [9.17, 15) is 18.0 Å². The Morgan fingerprint density at radius 1 is 1.04 bits per heavy atom. The topological polar surface area (TPSA) is 92.3 Å². The highest BCUT2D eigenvalue weighted by atomic mass is 32.2. The molecule has 26 heavy (non-hydrogen) atoms. The molecule has 0 saturated heterocycles. The summed E-state index contributed by atoms with van der Waals surface area (Å²) < 4.78 is 24.6. The number of hydrogen-bond donors (Lipinski definition) is 2. The van der Waals surface area contributed by atoms with E-state index in [-0.39, 0.29) is 10.7 Å². The second kappa shape index (κ2) is 7.69. The molecule has 0 unspecified atom stereocenters. The molecule has 0 spiro atoms. The number of fused-ring (bicyclic) bond motifs is 1. The summed E-state index contributed by atoms with van der Waals surface area (Å²) >= 11 is 1.42. The molecule has 8 heteroatoms. The van der Waals surface area contributed by atoms with Crippen molar-refractivity contribution in [3.8, 4) is 0 Å². The molecule has 1 aromatic carbocycles. The third-order valence-corrected chi connectivity index (χ3v) is 6.84. The predicted octanol–water partition coefficient (Wildman–Crippen LogP) is 2.84. The van der Waals surface area contributed by atoms with Crippen LogP contribution in [-0.4, -0.2) is 20.1 Å². The number of aryl methyl sites for hydroxylation is 2. The molecule has 0 fully saturated rings. The normalized spacial score (nSPS) is 14.3. The van der Waals surface area contributed by atoms with Crippen molar-refractivity contribution in [1.82, 2.24) is 10.3 Å². The highest BCUT2D eigenvalue weighted by Gasteiger charge is 2.19. The van der Waals surface area contributed by atoms with E-state index in [1.807, 2.05) is 6.07 Å². The second-order valence-electron chi connectivity index (χ2n) is 6.26. The van der Waals surface area contributed by atoms with Gasteiger partial charge in [-0.05, 0) is 56.4 Å². The summed E-state index contributed by atoms with van der Waals surface area (Å²) in [5, 5.41) is 0. The molecule has 6 nitrogen and oxygen atoms in total. The number of carbonyl (C=O) groups excluding carboxylic acids is 2. The number of amides is 1. The minimum Gasteiger partial charge on any atom is -0.295 e. The van der Waals surface area contributed by atoms with E-state index < -0.39 is 15.9 Å². The third kappa shape index (κ3) is 4.20. The zero-order chi connectivity index (χ0) is 18.7. The van der Waals surface area contributed by atoms with Gasteiger partial charge in [-0.25, -0.2) is 8.42 Å². The van der Waals surface area contributed by atoms with Crippen LogP contribution in [0, 0.1) is 0 Å². The van der Waals surface area contributed by atoms with Crippen molar-refractivity contribution in [2.45, 2.75) is 43.9 Å². The Labute approximate surface area is 156 Å². The van der Waals surface area contributed by atoms with Crippen LogP contribution in [-0.2, 0) is 22.9 Å². The van der Waals surface area contributed by atoms with Gasteiger partial charge in [0.2, 0.25) is 0 Å². The summed E-state index contributed by atoms with van der Waals surface area (Å²) in [5.74, 6) is -0.611. The van der Waals surface area contributed by atoms with Gasteiger partial charge in [-0.2, -0.15) is 0 Å². The average Bonchev–Trinajstić information content (AvgIpc) is 2.90. The molecule has 0 bridgehead atoms. The lowest BCUT2D eigenvalue weighted by molar-refractivity contribution is 0.0948. The number of Topliss-reactive ketones (excluding diaryl/α,β-unsaturated/α-hetero) is 1. The lowest BCUT2D eigenvalue weighted by Crippen LogP contribution is -2.41. The molecule has 1 amide bonds. The number of hydrazine groups is 1. The van der Waals surface area contributed by atoms with Crippen molar-refractivity contribution < 1.29 is 18.0 Å². The van der Waals surface area contributed by atoms with Crippen LogP contribution in [0.25, 0.3) is 0 Å². The van der Waals surface area contributed by atoms with E-state index in [1.165, 1.54) is 59.4 Å². The number of carbonyl (C=O) groups is 2. The van der Waals surface area contributed by atoms with Crippen LogP contribution < -0.4 is 10.3 Å². The summed E-state index contributed by atoms with van der Waals surface area (Å²) in [7, 11) is -3.90. The smallest absolute Gasteiger partial charge is 0.276 e. The number of nitrogens with one attached hydrogen (secondary N) is 2. The van der Waals surface area contributed by atoms with Gasteiger partial charge in [-0.1, -0.05) is 18.6 Å². The lowest BCUT2D eigenvalue weighted by Gasteiger charge is -2.08. The van der Waals surface area contributed by atoms with Crippen LogP contribution in [0.3, 0.4) is 0 Å². The highest BCUT2D eigenvalue weighted by molar-refractivity contribution is 7.89. The van der Waals surface area contributed by atoms with Crippen molar-refractivity contribution >= 4 is 33.1 Å². The zero-order valence-corrected chi connectivity index (χ0v) is 16.0. The van der Waals surface area contributed by atoms with Crippen LogP contribution in [0.1, 0.15) is 56.7 Å². The number of hydrogen-bond acceptors (Lipinski definition) is 5. The summed E-state index contributed by atoms with van der Waals surface area (Å²) in [6, 6.07) is 7.40. The van der Waals surface area contributed by atoms with Gasteiger partial charge in [-0.15, -0.1) is 16.2 Å². The van der Waals surface area contributed by atoms with Gasteiger partial charge in [0.1, 0.15) is 0 Å². The van der Waals surface area contributed by atoms with Gasteiger partial charge in [-0.3, -0.25) is 15.0 Å². The first kappa shape index (κ1) is 18.8. The van der Waals surface area contributed by atoms with Crippen molar-refractivity contribution in [2.24, 2.45) is 0 Å². The fourth-order valence-corrected chi connectivity index (χ4v) is 4.87. The molecular formula is C18H20N2O4S2. The first-order valence-electron chi connectivity index (χ1n) is 8.41. The summed E-state index contributed by atoms with van der Waals surface area (Å²) in [6.45, 7) is 1.41. The van der Waals surface area contributed by atoms with E-state index in [1.54, 1.807) is 0 Å². The Morgan fingerprint density at radius 2 is 1.73 bits per heavy atom. The van der Waals surface area contributed by atoms with Crippen molar-refractivity contribution in [3.63, 3.8) is 0 Å². The van der Waals surface area contributed by atoms with E-state index in [0.29, 0.717) is 10.4 Å². The molecule has 0 saturated carbocycles. The fourth-order valence-electron chi connectivity index (χ4n) is 2.88. The summed E-state index contributed by atoms with van der Waals surface area (Å²) in [6.07, 6.45) is 5.38. The zero-order valence-electron chi connectivity index (χ0n) is 14.4. The number of ketones is 1. The molecule has 0 atom stereocenters. The van der Waals surface area contributed by atoms with Crippen LogP contribution in [0.2, 0.25) is 0 Å². The lowest BCUT2D eigenvalue weighted by atomic mass is 10.1. The molecule has 1 aliphatic rings. The molecule has 2 N–H and O–H groups in total. The SMILES string of the molecule is CC(=O)c1ccc(S(=O)(=O)NNC(=O)c2cc3c(s2)CCCCC3)cc1. The van der Waals surface area contributed by atoms with Gasteiger partial charge >= 0.3 is 0 Å². The Hall–Kier alpha value is -2.03. The third-order valence-electron chi connectivity index (χ3n) is 4.34. The van der Waals surface area contributed by atoms with Crippen molar-refractivity contribution in [2.75, 3.05) is 0 Å². The van der Waals surface area contributed by atoms with Crippen LogP contribution in [0.5, 0.6) is 0 Å². The van der Waals surface area contributed by atoms with E-state index >= 15 is 0 Å². The maximum absolute atomic E-state index is 12.3. The van der Waals surface area contributed by atoms with Crippen molar-refractivity contribution in [1.29, 1.82) is 0 Å². The molecule has 1 aliphatic carbocycles. The fraction of sp³-hybridized carbons (Fsp3) is 0.333. The molecule has 0 aliphatic heterocycles. The van der Waals surface area contributed by atoms with Gasteiger partial charge in [0.15, 0.2) is 5.78 Å². The number of benzene rings is 1. The number of sulfonamides is 1. The molecule has 2 aromatic rings. The Bertz CT molecular complexity index is 907. The maximum Gasteiger partial charge on any atom is 0.276 e. The number of thiophene rings is 1. The largest absolute Gasteiger partial charge is 0.295 e. The van der Waals surface area contributed by atoms with Gasteiger partial charge < -0.3 is 0 Å². The Morgan fingerprint density at radius 3 is 2.42 bits per heavy atom. The van der Waals surface area contributed by atoms with E-state index in [0.717, 1.165) is 25.7 Å². The molecule has 138 valence electrons. The minimum absolute atomic E-state index is 0.0234. The first-order chi connectivity index (χ1) is 12.4. The average molecular weight is 393 g/mol. The Kier molecular flexibility index (Phi) is 5.55. The Balaban J connectivity index is 1.67. The quantitative estimate of drug-likeness (QED) is 0.465. The highest BCUT2D eigenvalue weighted by Crippen LogP contribution is 2.28. The van der Waals surface area contributed by atoms with Gasteiger partial charge in [0.05, 0.1) is 9.77 Å². The van der Waals surface area contributed by atoms with E-state index in [2.05, 4.69) is 10.3 Å². The minimum atomic E-state index is -3.90. The van der Waals surface area contributed by atoms with Crippen LogP contribution in [0.15, 0.2) is 35.2 Å².